The van der Waals surface area contributed by atoms with Crippen molar-refractivity contribution in [3.05, 3.63) is 24.3 Å². The zero-order chi connectivity index (χ0) is 19.3. The predicted molar refractivity (Wildman–Crippen MR) is 95.6 cm³/mol. The minimum absolute atomic E-state index is 0.157. The van der Waals surface area contributed by atoms with E-state index in [4.69, 9.17) is 0 Å². The summed E-state index contributed by atoms with van der Waals surface area (Å²) in [5.74, 6) is -2.94. The fraction of sp³-hybridized carbons (Fsp3) is 0.556. The van der Waals surface area contributed by atoms with Gasteiger partial charge in [0, 0.05) is 36.6 Å². The van der Waals surface area contributed by atoms with E-state index in [2.05, 4.69) is 5.32 Å². The maximum Gasteiger partial charge on any atom is 0.243 e. The lowest BCUT2D eigenvalue weighted by Crippen LogP contribution is -2.42. The zero-order valence-corrected chi connectivity index (χ0v) is 15.9. The number of carboxylic acid groups (broad SMARTS) is 1. The molecule has 0 heterocycles. The summed E-state index contributed by atoms with van der Waals surface area (Å²) >= 11 is 0. The Balaban J connectivity index is 2.11. The molecule has 0 spiro atoms. The molecule has 1 aliphatic rings. The lowest BCUT2D eigenvalue weighted by molar-refractivity contribution is -0.313. The number of rotatable bonds is 7. The zero-order valence-electron chi connectivity index (χ0n) is 15.1. The second-order valence-electron chi connectivity index (χ2n) is 6.42. The number of carbonyl (C=O) groups excluding carboxylic acids is 2. The highest BCUT2D eigenvalue weighted by Gasteiger charge is 2.31. The fourth-order valence-corrected chi connectivity index (χ4v) is 4.84. The van der Waals surface area contributed by atoms with E-state index in [0.29, 0.717) is 31.6 Å². The highest BCUT2D eigenvalue weighted by atomic mass is 32.2. The summed E-state index contributed by atoms with van der Waals surface area (Å²) < 4.78 is 26.3. The molecule has 1 amide bonds. The Morgan fingerprint density at radius 1 is 1.08 bits per heavy atom. The minimum atomic E-state index is -3.55. The Morgan fingerprint density at radius 2 is 1.62 bits per heavy atom. The summed E-state index contributed by atoms with van der Waals surface area (Å²) in [5, 5.41) is 13.9. The second-order valence-corrected chi connectivity index (χ2v) is 8.36. The van der Waals surface area contributed by atoms with Crippen LogP contribution in [0.3, 0.4) is 0 Å². The highest BCUT2D eigenvalue weighted by Crippen LogP contribution is 2.31. The summed E-state index contributed by atoms with van der Waals surface area (Å²) in [6, 6.07) is 5.93. The van der Waals surface area contributed by atoms with E-state index < -0.39 is 27.8 Å². The van der Waals surface area contributed by atoms with Gasteiger partial charge in [0.1, 0.15) is 0 Å². The molecular weight excluding hydrogens is 356 g/mol. The van der Waals surface area contributed by atoms with Crippen LogP contribution in [0.1, 0.15) is 39.5 Å². The van der Waals surface area contributed by atoms with Crippen LogP contribution in [0.2, 0.25) is 0 Å². The molecule has 1 aromatic rings. The molecule has 8 heteroatoms. The molecule has 144 valence electrons. The lowest BCUT2D eigenvalue weighted by atomic mass is 9.78. The maximum absolute atomic E-state index is 12.5. The molecule has 26 heavy (non-hydrogen) atoms. The normalized spacial score (nSPS) is 20.7. The van der Waals surface area contributed by atoms with Gasteiger partial charge in [-0.2, -0.15) is 4.31 Å². The Morgan fingerprint density at radius 3 is 2.12 bits per heavy atom. The molecule has 1 aromatic carbocycles. The Kier molecular flexibility index (Phi) is 6.77. The predicted octanol–water partition coefficient (Wildman–Crippen LogP) is 1.21. The number of amides is 1. The van der Waals surface area contributed by atoms with Crippen molar-refractivity contribution in [3.63, 3.8) is 0 Å². The molecule has 1 aliphatic carbocycles. The minimum Gasteiger partial charge on any atom is -0.550 e. The van der Waals surface area contributed by atoms with Gasteiger partial charge in [-0.3, -0.25) is 4.79 Å². The molecule has 0 saturated heterocycles. The summed E-state index contributed by atoms with van der Waals surface area (Å²) in [7, 11) is -3.55. The molecule has 1 N–H and O–H groups in total. The third-order valence-electron chi connectivity index (χ3n) is 4.87. The van der Waals surface area contributed by atoms with Crippen molar-refractivity contribution < 1.29 is 23.1 Å². The van der Waals surface area contributed by atoms with Crippen LogP contribution in [0.15, 0.2) is 29.2 Å². The van der Waals surface area contributed by atoms with Gasteiger partial charge in [-0.25, -0.2) is 8.42 Å². The first-order valence-corrected chi connectivity index (χ1v) is 10.4. The number of benzene rings is 1. The first-order valence-electron chi connectivity index (χ1n) is 8.93. The number of anilines is 1. The summed E-state index contributed by atoms with van der Waals surface area (Å²) in [6.45, 7) is 4.30. The number of nitrogens with zero attached hydrogens (tertiary/aromatic N) is 1. The lowest BCUT2D eigenvalue weighted by Gasteiger charge is -2.31. The number of sulfonamides is 1. The SMILES string of the molecule is CCN(CC)S(=O)(=O)c1ccc(NC(=O)C2CCCCC2C(=O)[O-])cc1. The van der Waals surface area contributed by atoms with Crippen molar-refractivity contribution in [2.24, 2.45) is 11.8 Å². The Hall–Kier alpha value is -1.93. The van der Waals surface area contributed by atoms with E-state index in [-0.39, 0.29) is 10.8 Å². The van der Waals surface area contributed by atoms with Crippen LogP contribution in [0.4, 0.5) is 5.69 Å². The van der Waals surface area contributed by atoms with E-state index in [1.165, 1.54) is 28.6 Å². The maximum atomic E-state index is 12.5. The van der Waals surface area contributed by atoms with Crippen molar-refractivity contribution in [1.29, 1.82) is 0 Å². The van der Waals surface area contributed by atoms with Crippen LogP contribution >= 0.6 is 0 Å². The van der Waals surface area contributed by atoms with Crippen LogP contribution < -0.4 is 10.4 Å². The highest BCUT2D eigenvalue weighted by molar-refractivity contribution is 7.89. The van der Waals surface area contributed by atoms with E-state index >= 15 is 0 Å². The van der Waals surface area contributed by atoms with Gasteiger partial charge in [0.2, 0.25) is 15.9 Å². The Labute approximate surface area is 154 Å². The van der Waals surface area contributed by atoms with Gasteiger partial charge in [-0.15, -0.1) is 0 Å². The van der Waals surface area contributed by atoms with Gasteiger partial charge in [0.15, 0.2) is 0 Å². The van der Waals surface area contributed by atoms with E-state index in [1.54, 1.807) is 13.8 Å². The average molecular weight is 381 g/mol. The van der Waals surface area contributed by atoms with Crippen molar-refractivity contribution >= 4 is 27.6 Å². The number of hydrogen-bond acceptors (Lipinski definition) is 5. The molecule has 0 aromatic heterocycles. The molecule has 2 unspecified atom stereocenters. The van der Waals surface area contributed by atoms with E-state index in [0.717, 1.165) is 12.8 Å². The van der Waals surface area contributed by atoms with Gasteiger partial charge in [-0.05, 0) is 37.1 Å². The topological polar surface area (TPSA) is 107 Å². The number of hydrogen-bond donors (Lipinski definition) is 1. The quantitative estimate of drug-likeness (QED) is 0.764. The smallest absolute Gasteiger partial charge is 0.243 e. The molecule has 0 bridgehead atoms. The van der Waals surface area contributed by atoms with Crippen LogP contribution in [-0.2, 0) is 19.6 Å². The third kappa shape index (κ3) is 4.42. The Bertz CT molecular complexity index is 741. The summed E-state index contributed by atoms with van der Waals surface area (Å²) in [4.78, 5) is 23.8. The second kappa shape index (κ2) is 8.64. The van der Waals surface area contributed by atoms with Crippen LogP contribution in [-0.4, -0.2) is 37.7 Å². The largest absolute Gasteiger partial charge is 0.550 e. The molecule has 0 aliphatic heterocycles. The molecule has 0 radical (unpaired) electrons. The molecule has 2 rings (SSSR count). The number of aliphatic carboxylic acids is 1. The van der Waals surface area contributed by atoms with Gasteiger partial charge >= 0.3 is 0 Å². The summed E-state index contributed by atoms with van der Waals surface area (Å²) in [6.07, 6.45) is 2.55. The molecule has 1 fully saturated rings. The molecule has 2 atom stereocenters. The number of carboxylic acids is 1. The van der Waals surface area contributed by atoms with Crippen molar-refractivity contribution in [1.82, 2.24) is 4.31 Å². The number of nitrogens with one attached hydrogen (secondary N) is 1. The van der Waals surface area contributed by atoms with Crippen molar-refractivity contribution in [3.8, 4) is 0 Å². The van der Waals surface area contributed by atoms with E-state index in [1.807, 2.05) is 0 Å². The van der Waals surface area contributed by atoms with E-state index in [9.17, 15) is 23.1 Å². The van der Waals surface area contributed by atoms with Gasteiger partial charge in [0.25, 0.3) is 0 Å². The average Bonchev–Trinajstić information content (AvgIpc) is 2.63. The van der Waals surface area contributed by atoms with Gasteiger partial charge in [0.05, 0.1) is 4.90 Å². The summed E-state index contributed by atoms with van der Waals surface area (Å²) in [5.41, 5.74) is 0.441. The third-order valence-corrected chi connectivity index (χ3v) is 6.93. The monoisotopic (exact) mass is 381 g/mol. The van der Waals surface area contributed by atoms with Gasteiger partial charge in [-0.1, -0.05) is 26.7 Å². The van der Waals surface area contributed by atoms with Crippen LogP contribution in [0, 0.1) is 11.8 Å². The van der Waals surface area contributed by atoms with Crippen LogP contribution in [0.25, 0.3) is 0 Å². The van der Waals surface area contributed by atoms with Crippen LogP contribution in [0.5, 0.6) is 0 Å². The van der Waals surface area contributed by atoms with Crippen molar-refractivity contribution in [2.75, 3.05) is 18.4 Å². The first-order chi connectivity index (χ1) is 12.3. The molecule has 1 saturated carbocycles. The molecule has 7 nitrogen and oxygen atoms in total. The van der Waals surface area contributed by atoms with Gasteiger partial charge < -0.3 is 15.2 Å². The molecular formula is C18H25N2O5S-. The first kappa shape index (κ1) is 20.4. The van der Waals surface area contributed by atoms with Crippen molar-refractivity contribution in [2.45, 2.75) is 44.4 Å². The fourth-order valence-electron chi connectivity index (χ4n) is 3.38. The number of carbonyl (C=O) groups is 2. The standard InChI is InChI=1S/C18H26N2O5S/c1-3-20(4-2)26(24,25)14-11-9-13(10-12-14)19-17(21)15-7-5-6-8-16(15)18(22)23/h9-12,15-16H,3-8H2,1-2H3,(H,19,21)(H,22,23)/p-1.